The fourth-order valence-corrected chi connectivity index (χ4v) is 5.70. The number of carbonyl (C=O) groups is 3. The fraction of sp³-hybridized carbons (Fsp3) is 0.121. The summed E-state index contributed by atoms with van der Waals surface area (Å²) in [6, 6.07) is 26.0. The van der Waals surface area contributed by atoms with Gasteiger partial charge in [0.05, 0.1) is 5.25 Å². The number of hydrogen-bond donors (Lipinski definition) is 3. The summed E-state index contributed by atoms with van der Waals surface area (Å²) in [4.78, 5) is 40.3. The van der Waals surface area contributed by atoms with Crippen molar-refractivity contribution in [2.24, 2.45) is 0 Å². The van der Waals surface area contributed by atoms with Crippen molar-refractivity contribution < 1.29 is 14.4 Å². The van der Waals surface area contributed by atoms with E-state index < -0.39 is 17.1 Å². The van der Waals surface area contributed by atoms with E-state index in [2.05, 4.69) is 16.0 Å². The summed E-state index contributed by atoms with van der Waals surface area (Å²) >= 11 is 20.2. The van der Waals surface area contributed by atoms with Gasteiger partial charge in [0.1, 0.15) is 5.70 Å². The molecule has 220 valence electrons. The number of nitrogens with one attached hydrogen (secondary N) is 3. The van der Waals surface area contributed by atoms with Crippen LogP contribution in [0.1, 0.15) is 34.8 Å². The van der Waals surface area contributed by atoms with Gasteiger partial charge in [-0.3, -0.25) is 14.4 Å². The Kier molecular flexibility index (Phi) is 11.3. The quantitative estimate of drug-likeness (QED) is 0.118. The number of thioether (sulfide) groups is 1. The van der Waals surface area contributed by atoms with Gasteiger partial charge in [-0.25, -0.2) is 0 Å². The molecule has 0 aromatic heterocycles. The van der Waals surface area contributed by atoms with Gasteiger partial charge in [-0.1, -0.05) is 78.1 Å². The summed E-state index contributed by atoms with van der Waals surface area (Å²) in [7, 11) is 0. The molecule has 3 amide bonds. The van der Waals surface area contributed by atoms with Crippen molar-refractivity contribution in [2.45, 2.75) is 30.4 Å². The van der Waals surface area contributed by atoms with Crippen LogP contribution in [0.25, 0.3) is 6.08 Å². The average molecular weight is 653 g/mol. The highest BCUT2D eigenvalue weighted by atomic mass is 35.5. The van der Waals surface area contributed by atoms with E-state index in [1.54, 1.807) is 78.9 Å². The van der Waals surface area contributed by atoms with Crippen molar-refractivity contribution in [1.82, 2.24) is 5.32 Å². The van der Waals surface area contributed by atoms with E-state index in [1.165, 1.54) is 17.8 Å². The smallest absolute Gasteiger partial charge is 0.272 e. The number of halogens is 3. The lowest BCUT2D eigenvalue weighted by Crippen LogP contribution is -2.30. The van der Waals surface area contributed by atoms with E-state index in [1.807, 2.05) is 26.0 Å². The van der Waals surface area contributed by atoms with Crippen molar-refractivity contribution in [1.29, 1.82) is 0 Å². The first-order valence-electron chi connectivity index (χ1n) is 13.3. The minimum atomic E-state index is -0.580. The minimum absolute atomic E-state index is 0.0513. The summed E-state index contributed by atoms with van der Waals surface area (Å²) < 4.78 is 0. The van der Waals surface area contributed by atoms with Crippen molar-refractivity contribution in [3.8, 4) is 0 Å². The number of rotatable bonds is 10. The lowest BCUT2D eigenvalue weighted by Gasteiger charge is -2.17. The summed E-state index contributed by atoms with van der Waals surface area (Å²) in [5.74, 6) is -1.21. The van der Waals surface area contributed by atoms with Crippen LogP contribution >= 0.6 is 46.6 Å². The first-order chi connectivity index (χ1) is 20.6. The molecule has 10 heteroatoms. The number of benzene rings is 4. The molecule has 1 unspecified atom stereocenters. The van der Waals surface area contributed by atoms with Crippen LogP contribution in [0, 0.1) is 6.92 Å². The lowest BCUT2D eigenvalue weighted by atomic mass is 10.1. The molecule has 6 nitrogen and oxygen atoms in total. The van der Waals surface area contributed by atoms with Crippen LogP contribution in [0.3, 0.4) is 0 Å². The third kappa shape index (κ3) is 8.88. The molecule has 4 rings (SSSR count). The number of hydrogen-bond acceptors (Lipinski definition) is 4. The largest absolute Gasteiger partial charge is 0.325 e. The third-order valence-electron chi connectivity index (χ3n) is 6.31. The molecule has 43 heavy (non-hydrogen) atoms. The molecule has 4 aromatic rings. The highest BCUT2D eigenvalue weighted by Gasteiger charge is 2.20. The van der Waals surface area contributed by atoms with E-state index >= 15 is 0 Å². The highest BCUT2D eigenvalue weighted by molar-refractivity contribution is 8.00. The van der Waals surface area contributed by atoms with Gasteiger partial charge in [-0.2, -0.15) is 0 Å². The normalized spacial score (nSPS) is 11.9. The summed E-state index contributed by atoms with van der Waals surface area (Å²) in [5, 5.41) is 9.27. The van der Waals surface area contributed by atoms with Crippen molar-refractivity contribution in [2.75, 3.05) is 10.6 Å². The Morgan fingerprint density at radius 1 is 0.837 bits per heavy atom. The van der Waals surface area contributed by atoms with Gasteiger partial charge >= 0.3 is 0 Å². The fourth-order valence-electron chi connectivity index (χ4n) is 4.01. The Labute approximate surface area is 269 Å². The van der Waals surface area contributed by atoms with Crippen LogP contribution in [0.5, 0.6) is 0 Å². The molecule has 0 saturated carbocycles. The number of amides is 3. The van der Waals surface area contributed by atoms with Gasteiger partial charge in [0.15, 0.2) is 0 Å². The second kappa shape index (κ2) is 15.1. The van der Waals surface area contributed by atoms with Crippen LogP contribution in [0.15, 0.2) is 102 Å². The van der Waals surface area contributed by atoms with E-state index in [0.717, 1.165) is 10.5 Å². The molecule has 0 radical (unpaired) electrons. The topological polar surface area (TPSA) is 87.3 Å². The maximum atomic E-state index is 13.5. The zero-order valence-electron chi connectivity index (χ0n) is 23.3. The van der Waals surface area contributed by atoms with E-state index in [9.17, 15) is 14.4 Å². The molecular formula is C33H28Cl3N3O3S. The van der Waals surface area contributed by atoms with Gasteiger partial charge in [-0.05, 0) is 79.6 Å². The minimum Gasteiger partial charge on any atom is -0.325 e. The molecule has 0 bridgehead atoms. The average Bonchev–Trinajstić information content (AvgIpc) is 2.99. The second-order valence-electron chi connectivity index (χ2n) is 9.46. The van der Waals surface area contributed by atoms with Crippen LogP contribution in [-0.4, -0.2) is 23.0 Å². The van der Waals surface area contributed by atoms with Crippen molar-refractivity contribution >= 4 is 81.7 Å². The molecule has 1 atom stereocenters. The highest BCUT2D eigenvalue weighted by Crippen LogP contribution is 2.30. The standard InChI is InChI=1S/C33H28Cl3N3O3S/c1-3-30(33(42)38-28-17-22(34)16-15-20(28)2)43-24-12-7-11-23(18-24)37-32(41)29(19-25-26(35)13-8-14-27(25)36)39-31(40)21-9-5-4-6-10-21/h4-19,30H,3H2,1-2H3,(H,37,41)(H,38,42)(H,39,40)/b29-19+. The molecule has 0 aliphatic carbocycles. The van der Waals surface area contributed by atoms with Crippen LogP contribution < -0.4 is 16.0 Å². The molecule has 0 aliphatic rings. The Morgan fingerprint density at radius 2 is 1.53 bits per heavy atom. The Balaban J connectivity index is 1.54. The second-order valence-corrected chi connectivity index (χ2v) is 12.0. The number of carbonyl (C=O) groups excluding carboxylic acids is 3. The summed E-state index contributed by atoms with van der Waals surface area (Å²) in [6.07, 6.45) is 2.01. The Bertz CT molecular complexity index is 1660. The lowest BCUT2D eigenvalue weighted by molar-refractivity contribution is -0.116. The van der Waals surface area contributed by atoms with Gasteiger partial charge in [0, 0.05) is 42.5 Å². The molecular weight excluding hydrogens is 625 g/mol. The monoisotopic (exact) mass is 651 g/mol. The van der Waals surface area contributed by atoms with Gasteiger partial charge in [0.2, 0.25) is 5.91 Å². The summed E-state index contributed by atoms with van der Waals surface area (Å²) in [6.45, 7) is 3.83. The first-order valence-corrected chi connectivity index (χ1v) is 15.3. The first kappa shape index (κ1) is 32.2. The van der Waals surface area contributed by atoms with Crippen molar-refractivity contribution in [3.63, 3.8) is 0 Å². The molecule has 0 spiro atoms. The van der Waals surface area contributed by atoms with Gasteiger partial charge in [0.25, 0.3) is 11.8 Å². The van der Waals surface area contributed by atoms with Crippen LogP contribution in [-0.2, 0) is 9.59 Å². The zero-order chi connectivity index (χ0) is 30.9. The maximum absolute atomic E-state index is 13.5. The third-order valence-corrected chi connectivity index (χ3v) is 8.56. The van der Waals surface area contributed by atoms with Gasteiger partial charge in [-0.15, -0.1) is 11.8 Å². The molecule has 4 aromatic carbocycles. The SMILES string of the molecule is CCC(Sc1cccc(NC(=O)/C(=C\c2c(Cl)cccc2Cl)NC(=O)c2ccccc2)c1)C(=O)Nc1cc(Cl)ccc1C. The van der Waals surface area contributed by atoms with Gasteiger partial charge < -0.3 is 16.0 Å². The van der Waals surface area contributed by atoms with Crippen molar-refractivity contribution in [3.05, 3.63) is 128 Å². The molecule has 0 saturated heterocycles. The maximum Gasteiger partial charge on any atom is 0.272 e. The zero-order valence-corrected chi connectivity index (χ0v) is 26.4. The molecule has 0 heterocycles. The van der Waals surface area contributed by atoms with E-state index in [0.29, 0.717) is 44.0 Å². The molecule has 0 aliphatic heterocycles. The van der Waals surface area contributed by atoms with Crippen LogP contribution in [0.4, 0.5) is 11.4 Å². The molecule has 3 N–H and O–H groups in total. The molecule has 0 fully saturated rings. The van der Waals surface area contributed by atoms with Crippen LogP contribution in [0.2, 0.25) is 15.1 Å². The number of aryl methyl sites for hydroxylation is 1. The number of anilines is 2. The Hall–Kier alpha value is -3.75. The van der Waals surface area contributed by atoms with E-state index in [-0.39, 0.29) is 11.6 Å². The summed E-state index contributed by atoms with van der Waals surface area (Å²) in [5.41, 5.74) is 2.75. The van der Waals surface area contributed by atoms with E-state index in [4.69, 9.17) is 34.8 Å². The Morgan fingerprint density at radius 3 is 2.23 bits per heavy atom. The predicted octanol–water partition coefficient (Wildman–Crippen LogP) is 8.87. The predicted molar refractivity (Wildman–Crippen MR) is 178 cm³/mol.